The Morgan fingerprint density at radius 3 is 2.67 bits per heavy atom. The quantitative estimate of drug-likeness (QED) is 0.688. The molecule has 0 radical (unpaired) electrons. The summed E-state index contributed by atoms with van der Waals surface area (Å²) in [5.41, 5.74) is 3.48. The van der Waals surface area contributed by atoms with Crippen molar-refractivity contribution in [1.82, 2.24) is 14.5 Å². The fourth-order valence-electron chi connectivity index (χ4n) is 3.64. The number of fused-ring (bicyclic) bond motifs is 2. The Morgan fingerprint density at radius 2 is 1.93 bits per heavy atom. The summed E-state index contributed by atoms with van der Waals surface area (Å²) in [7, 11) is 3.24. The van der Waals surface area contributed by atoms with Gasteiger partial charge in [-0.15, -0.1) is 0 Å². The molecular weight excluding hydrogens is 366 g/mol. The average molecular weight is 386 g/mol. The summed E-state index contributed by atoms with van der Waals surface area (Å²) in [5, 5.41) is 4.97. The number of ether oxygens (including phenoxy) is 2. The highest BCUT2D eigenvalue weighted by atomic mass is 35.5. The van der Waals surface area contributed by atoms with E-state index in [-0.39, 0.29) is 11.9 Å². The lowest BCUT2D eigenvalue weighted by Gasteiger charge is -2.35. The molecule has 1 aliphatic heterocycles. The van der Waals surface area contributed by atoms with Crippen LogP contribution in [-0.4, -0.2) is 41.2 Å². The molecule has 0 spiro atoms. The maximum atomic E-state index is 13.1. The van der Waals surface area contributed by atoms with Crippen LogP contribution in [0.2, 0.25) is 5.02 Å². The molecule has 0 aliphatic carbocycles. The van der Waals surface area contributed by atoms with Crippen LogP contribution in [0.1, 0.15) is 34.6 Å². The minimum absolute atomic E-state index is 0.0885. The monoisotopic (exact) mass is 385 g/mol. The van der Waals surface area contributed by atoms with Crippen LogP contribution in [-0.2, 0) is 6.42 Å². The maximum absolute atomic E-state index is 13.1. The van der Waals surface area contributed by atoms with Crippen molar-refractivity contribution in [2.24, 2.45) is 0 Å². The first-order valence-electron chi connectivity index (χ1n) is 8.72. The van der Waals surface area contributed by atoms with Crippen molar-refractivity contribution >= 4 is 23.0 Å². The molecule has 3 heterocycles. The second-order valence-corrected chi connectivity index (χ2v) is 7.01. The van der Waals surface area contributed by atoms with E-state index >= 15 is 0 Å². The van der Waals surface area contributed by atoms with Crippen LogP contribution in [0.5, 0.6) is 11.5 Å². The molecule has 0 saturated carbocycles. The van der Waals surface area contributed by atoms with Gasteiger partial charge in [0.05, 0.1) is 30.8 Å². The highest BCUT2D eigenvalue weighted by Gasteiger charge is 2.30. The number of hydrogen-bond acceptors (Lipinski definition) is 4. The number of benzene rings is 1. The van der Waals surface area contributed by atoms with Gasteiger partial charge in [-0.1, -0.05) is 11.6 Å². The van der Waals surface area contributed by atoms with E-state index < -0.39 is 0 Å². The van der Waals surface area contributed by atoms with Crippen LogP contribution in [0.15, 0.2) is 36.5 Å². The Morgan fingerprint density at radius 1 is 1.19 bits per heavy atom. The summed E-state index contributed by atoms with van der Waals surface area (Å²) < 4.78 is 12.5. The number of carbonyl (C=O) groups is 1. The molecule has 1 unspecified atom stereocenters. The number of methoxy groups -OCH3 is 2. The summed E-state index contributed by atoms with van der Waals surface area (Å²) in [6, 6.07) is 9.29. The van der Waals surface area contributed by atoms with Crippen molar-refractivity contribution in [3.05, 3.63) is 58.4 Å². The highest BCUT2D eigenvalue weighted by molar-refractivity contribution is 6.30. The molecular formula is C20H20ClN3O3. The second kappa shape index (κ2) is 6.78. The third kappa shape index (κ3) is 3.00. The van der Waals surface area contributed by atoms with Gasteiger partial charge >= 0.3 is 0 Å². The first kappa shape index (κ1) is 17.7. The van der Waals surface area contributed by atoms with Gasteiger partial charge in [-0.25, -0.2) is 4.52 Å². The van der Waals surface area contributed by atoms with Gasteiger partial charge in [-0.05, 0) is 54.8 Å². The van der Waals surface area contributed by atoms with Gasteiger partial charge in [0.1, 0.15) is 0 Å². The summed E-state index contributed by atoms with van der Waals surface area (Å²) in [6.45, 7) is 2.64. The van der Waals surface area contributed by atoms with Crippen LogP contribution >= 0.6 is 11.6 Å². The lowest BCUT2D eigenvalue weighted by atomic mass is 9.92. The van der Waals surface area contributed by atoms with Crippen LogP contribution < -0.4 is 9.47 Å². The van der Waals surface area contributed by atoms with E-state index in [0.717, 1.165) is 17.5 Å². The van der Waals surface area contributed by atoms with Crippen molar-refractivity contribution in [3.63, 3.8) is 0 Å². The van der Waals surface area contributed by atoms with Crippen LogP contribution in [0.4, 0.5) is 0 Å². The third-order valence-corrected chi connectivity index (χ3v) is 5.31. The Labute approximate surface area is 162 Å². The Kier molecular flexibility index (Phi) is 4.44. The first-order chi connectivity index (χ1) is 13.0. The predicted molar refractivity (Wildman–Crippen MR) is 103 cm³/mol. The van der Waals surface area contributed by atoms with E-state index in [4.69, 9.17) is 21.1 Å². The van der Waals surface area contributed by atoms with E-state index in [0.29, 0.717) is 28.8 Å². The highest BCUT2D eigenvalue weighted by Crippen LogP contribution is 2.38. The lowest BCUT2D eigenvalue weighted by Crippen LogP contribution is -2.39. The molecule has 1 aromatic carbocycles. The van der Waals surface area contributed by atoms with Gasteiger partial charge in [0.2, 0.25) is 0 Å². The first-order valence-corrected chi connectivity index (χ1v) is 9.10. The van der Waals surface area contributed by atoms with E-state index in [1.807, 2.05) is 30.0 Å². The number of aromatic nitrogens is 2. The molecule has 1 amide bonds. The summed E-state index contributed by atoms with van der Waals surface area (Å²) in [4.78, 5) is 15.0. The van der Waals surface area contributed by atoms with E-state index in [9.17, 15) is 4.79 Å². The minimum atomic E-state index is -0.0947. The normalized spacial score (nSPS) is 16.3. The predicted octanol–water partition coefficient (Wildman–Crippen LogP) is 3.76. The number of pyridine rings is 1. The van der Waals surface area contributed by atoms with Crippen molar-refractivity contribution in [2.45, 2.75) is 19.4 Å². The molecule has 6 nitrogen and oxygen atoms in total. The maximum Gasteiger partial charge on any atom is 0.274 e. The van der Waals surface area contributed by atoms with E-state index in [2.05, 4.69) is 5.10 Å². The van der Waals surface area contributed by atoms with Crippen molar-refractivity contribution in [2.75, 3.05) is 20.8 Å². The fraction of sp³-hybridized carbons (Fsp3) is 0.300. The zero-order valence-corrected chi connectivity index (χ0v) is 16.2. The number of nitrogens with zero attached hydrogens (tertiary/aromatic N) is 3. The molecule has 1 aliphatic rings. The number of amides is 1. The summed E-state index contributed by atoms with van der Waals surface area (Å²) in [6.07, 6.45) is 2.45. The van der Waals surface area contributed by atoms with Crippen molar-refractivity contribution in [3.8, 4) is 11.5 Å². The van der Waals surface area contributed by atoms with Gasteiger partial charge in [-0.3, -0.25) is 4.79 Å². The van der Waals surface area contributed by atoms with Crippen LogP contribution in [0, 0.1) is 0 Å². The Bertz CT molecular complexity index is 1030. The van der Waals surface area contributed by atoms with E-state index in [1.165, 1.54) is 5.56 Å². The molecule has 140 valence electrons. The molecule has 0 saturated heterocycles. The molecule has 0 bridgehead atoms. The smallest absolute Gasteiger partial charge is 0.274 e. The van der Waals surface area contributed by atoms with Gasteiger partial charge in [-0.2, -0.15) is 5.10 Å². The SMILES string of the molecule is COc1cc2c(cc1OC)C(C)N(C(=O)c1cc3ccc(Cl)cn3n1)CC2. The lowest BCUT2D eigenvalue weighted by molar-refractivity contribution is 0.0670. The van der Waals surface area contributed by atoms with E-state index in [1.54, 1.807) is 37.1 Å². The molecule has 27 heavy (non-hydrogen) atoms. The molecule has 4 rings (SSSR count). The number of halogens is 1. The summed E-state index contributed by atoms with van der Waals surface area (Å²) >= 11 is 6.01. The topological polar surface area (TPSA) is 56.1 Å². The largest absolute Gasteiger partial charge is 0.493 e. The van der Waals surface area contributed by atoms with Crippen molar-refractivity contribution < 1.29 is 14.3 Å². The fourth-order valence-corrected chi connectivity index (χ4v) is 3.79. The zero-order valence-electron chi connectivity index (χ0n) is 15.4. The molecule has 0 fully saturated rings. The molecule has 7 heteroatoms. The van der Waals surface area contributed by atoms with Gasteiger partial charge in [0.15, 0.2) is 17.2 Å². The third-order valence-electron chi connectivity index (χ3n) is 5.09. The Hall–Kier alpha value is -2.73. The standard InChI is InChI=1S/C20H20ClN3O3/c1-12-16-10-19(27-3)18(26-2)8-13(16)6-7-23(12)20(25)17-9-15-5-4-14(21)11-24(15)22-17/h4-5,8-12H,6-7H2,1-3H3. The van der Waals surface area contributed by atoms with Crippen LogP contribution in [0.3, 0.4) is 0 Å². The van der Waals surface area contributed by atoms with Crippen molar-refractivity contribution in [1.29, 1.82) is 0 Å². The van der Waals surface area contributed by atoms with Crippen LogP contribution in [0.25, 0.3) is 5.52 Å². The molecule has 3 aromatic rings. The number of rotatable bonds is 3. The minimum Gasteiger partial charge on any atom is -0.493 e. The number of carbonyl (C=O) groups excluding carboxylic acids is 1. The second-order valence-electron chi connectivity index (χ2n) is 6.58. The molecule has 2 aromatic heterocycles. The molecule has 0 N–H and O–H groups in total. The summed E-state index contributed by atoms with van der Waals surface area (Å²) in [5.74, 6) is 1.28. The zero-order chi connectivity index (χ0) is 19.1. The van der Waals surface area contributed by atoms with Gasteiger partial charge in [0.25, 0.3) is 5.91 Å². The Balaban J connectivity index is 1.67. The number of hydrogen-bond donors (Lipinski definition) is 0. The van der Waals surface area contributed by atoms with Gasteiger partial charge in [0, 0.05) is 12.7 Å². The molecule has 1 atom stereocenters. The van der Waals surface area contributed by atoms with Gasteiger partial charge < -0.3 is 14.4 Å². The average Bonchev–Trinajstić information content (AvgIpc) is 3.10.